The van der Waals surface area contributed by atoms with Gasteiger partial charge in [0.2, 0.25) is 5.91 Å². The van der Waals surface area contributed by atoms with Crippen molar-refractivity contribution in [2.75, 3.05) is 39.1 Å². The number of nitrogens with two attached hydrogens (primary N) is 1. The minimum absolute atomic E-state index is 0.00950. The molecule has 37 heavy (non-hydrogen) atoms. The number of amides is 2. The molecule has 0 spiro atoms. The van der Waals surface area contributed by atoms with Crippen LogP contribution in [0, 0.1) is 5.92 Å². The molecule has 0 fully saturated rings. The maximum absolute atomic E-state index is 13.6. The van der Waals surface area contributed by atoms with E-state index in [0.717, 1.165) is 5.56 Å². The van der Waals surface area contributed by atoms with Gasteiger partial charge in [-0.25, -0.2) is 4.79 Å². The zero-order valence-corrected chi connectivity index (χ0v) is 25.0. The highest BCUT2D eigenvalue weighted by Gasteiger charge is 2.38. The normalized spacial score (nSPS) is 19.4. The number of hydrogen-bond donors (Lipinski definition) is 1. The number of fused-ring (bicyclic) bond motifs is 1. The summed E-state index contributed by atoms with van der Waals surface area (Å²) in [5, 5.41) is 0. The Morgan fingerprint density at radius 1 is 1.30 bits per heavy atom. The van der Waals surface area contributed by atoms with Crippen LogP contribution in [0.4, 0.5) is 10.5 Å². The fourth-order valence-corrected chi connectivity index (χ4v) is 7.14. The number of ether oxygens (including phenoxy) is 2. The molecule has 2 amide bonds. The van der Waals surface area contributed by atoms with Crippen molar-refractivity contribution < 1.29 is 23.5 Å². The lowest BCUT2D eigenvalue weighted by Gasteiger charge is -2.39. The van der Waals surface area contributed by atoms with Crippen molar-refractivity contribution in [3.8, 4) is 5.75 Å². The minimum atomic E-state index is -1.97. The molecule has 208 valence electrons. The van der Waals surface area contributed by atoms with E-state index in [-0.39, 0.29) is 37.0 Å². The molecule has 2 N–H and O–H groups in total. The largest absolute Gasteiger partial charge is 0.488 e. The Morgan fingerprint density at radius 2 is 1.95 bits per heavy atom. The van der Waals surface area contributed by atoms with Crippen molar-refractivity contribution in [2.45, 2.75) is 77.7 Å². The predicted octanol–water partition coefficient (Wildman–Crippen LogP) is 5.09. The number of nitrogen functional groups attached to an aromatic ring is 1. The van der Waals surface area contributed by atoms with Gasteiger partial charge in [0.15, 0.2) is 8.32 Å². The predicted molar refractivity (Wildman–Crippen MR) is 151 cm³/mol. The van der Waals surface area contributed by atoms with Gasteiger partial charge in [0.1, 0.15) is 18.5 Å². The van der Waals surface area contributed by atoms with E-state index in [2.05, 4.69) is 40.8 Å². The van der Waals surface area contributed by atoms with Crippen LogP contribution in [0.25, 0.3) is 0 Å². The van der Waals surface area contributed by atoms with Crippen LogP contribution in [0.3, 0.4) is 0 Å². The molecular formula is C28H47N3O5Si. The minimum Gasteiger partial charge on any atom is -0.488 e. The molecule has 9 heteroatoms. The van der Waals surface area contributed by atoms with Crippen molar-refractivity contribution in [1.82, 2.24) is 9.80 Å². The number of nitrogens with zero attached hydrogens (tertiary/aromatic N) is 2. The van der Waals surface area contributed by atoms with E-state index in [0.29, 0.717) is 42.2 Å². The van der Waals surface area contributed by atoms with Crippen molar-refractivity contribution >= 4 is 26.0 Å². The average Bonchev–Trinajstić information content (AvgIpc) is 2.88. The van der Waals surface area contributed by atoms with Crippen LogP contribution in [0.1, 0.15) is 47.1 Å². The molecule has 2 rings (SSSR count). The first kappa shape index (κ1) is 30.7. The van der Waals surface area contributed by atoms with Gasteiger partial charge in [0.25, 0.3) is 0 Å². The molecule has 1 aliphatic rings. The van der Waals surface area contributed by atoms with Gasteiger partial charge in [-0.15, -0.1) is 0 Å². The first-order chi connectivity index (χ1) is 17.3. The number of rotatable bonds is 10. The van der Waals surface area contributed by atoms with Crippen LogP contribution in [0.2, 0.25) is 17.6 Å². The molecule has 0 saturated carbocycles. The zero-order valence-electron chi connectivity index (χ0n) is 24.0. The molecule has 0 bridgehead atoms. The second-order valence-electron chi connectivity index (χ2n) is 11.1. The van der Waals surface area contributed by atoms with Crippen LogP contribution < -0.4 is 10.5 Å². The first-order valence-electron chi connectivity index (χ1n) is 13.3. The van der Waals surface area contributed by atoms with Gasteiger partial charge in [-0.1, -0.05) is 47.3 Å². The molecule has 0 aliphatic carbocycles. The number of carbonyl (C=O) groups is 2. The summed E-state index contributed by atoms with van der Waals surface area (Å²) in [7, 11) is -0.289. The maximum atomic E-state index is 13.6. The van der Waals surface area contributed by atoms with Crippen LogP contribution in [0.15, 0.2) is 30.9 Å². The summed E-state index contributed by atoms with van der Waals surface area (Å²) in [5.74, 6) is 0.552. The lowest BCUT2D eigenvalue weighted by Crippen LogP contribution is -2.50. The van der Waals surface area contributed by atoms with E-state index in [1.54, 1.807) is 25.2 Å². The molecule has 1 aromatic rings. The summed E-state index contributed by atoms with van der Waals surface area (Å²) in [4.78, 5) is 29.4. The van der Waals surface area contributed by atoms with Crippen LogP contribution in [0.5, 0.6) is 5.75 Å². The Balaban J connectivity index is 2.33. The van der Waals surface area contributed by atoms with Gasteiger partial charge in [-0.3, -0.25) is 4.79 Å². The van der Waals surface area contributed by atoms with Crippen molar-refractivity contribution in [1.29, 1.82) is 0 Å². The van der Waals surface area contributed by atoms with E-state index in [9.17, 15) is 9.59 Å². The summed E-state index contributed by atoms with van der Waals surface area (Å²) in [6.45, 7) is 20.3. The summed E-state index contributed by atoms with van der Waals surface area (Å²) in [6.07, 6.45) is 0.903. The lowest BCUT2D eigenvalue weighted by atomic mass is 10.0. The van der Waals surface area contributed by atoms with Gasteiger partial charge < -0.3 is 29.4 Å². The van der Waals surface area contributed by atoms with Crippen molar-refractivity contribution in [2.24, 2.45) is 5.92 Å². The SMILES string of the molecule is C=CCOC(=O)N(C)CC1Oc2ccc(N)cc2CC(=O)N(C(C)CO[Si](C)(C(C)C)C(C)C)CC1C. The maximum Gasteiger partial charge on any atom is 0.409 e. The Labute approximate surface area is 224 Å². The zero-order chi connectivity index (χ0) is 27.9. The van der Waals surface area contributed by atoms with Crippen LogP contribution >= 0.6 is 0 Å². The van der Waals surface area contributed by atoms with Gasteiger partial charge in [-0.05, 0) is 42.8 Å². The molecule has 0 radical (unpaired) electrons. The summed E-state index contributed by atoms with van der Waals surface area (Å²) >= 11 is 0. The van der Waals surface area contributed by atoms with E-state index >= 15 is 0 Å². The molecule has 3 atom stereocenters. The van der Waals surface area contributed by atoms with Gasteiger partial charge in [-0.2, -0.15) is 0 Å². The molecule has 1 heterocycles. The number of anilines is 1. The standard InChI is InChI=1S/C28H47N3O5Si/c1-10-13-34-28(33)30(8)17-26-21(6)16-31(22(7)18-35-37(9,19(2)3)20(4)5)27(32)15-23-14-24(29)11-12-25(23)36-26/h10-12,14,19-22,26H,1,13,15-18,29H2,2-9H3. The third-order valence-electron chi connectivity index (χ3n) is 7.69. The number of hydrogen-bond acceptors (Lipinski definition) is 6. The lowest BCUT2D eigenvalue weighted by molar-refractivity contribution is -0.134. The third kappa shape index (κ3) is 7.98. The quantitative estimate of drug-likeness (QED) is 0.256. The van der Waals surface area contributed by atoms with Gasteiger partial charge in [0.05, 0.1) is 25.6 Å². The van der Waals surface area contributed by atoms with Crippen molar-refractivity contribution in [3.05, 3.63) is 36.4 Å². The number of carbonyl (C=O) groups excluding carboxylic acids is 2. The average molecular weight is 534 g/mol. The summed E-state index contributed by atoms with van der Waals surface area (Å²) in [5.41, 5.74) is 8.30. The molecule has 8 nitrogen and oxygen atoms in total. The fourth-order valence-electron chi connectivity index (χ4n) is 4.54. The highest BCUT2D eigenvalue weighted by atomic mass is 28.4. The summed E-state index contributed by atoms with van der Waals surface area (Å²) < 4.78 is 18.2. The second-order valence-corrected chi connectivity index (χ2v) is 16.1. The van der Waals surface area contributed by atoms with Crippen LogP contribution in [-0.2, 0) is 20.4 Å². The second kappa shape index (κ2) is 13.3. The highest BCUT2D eigenvalue weighted by Crippen LogP contribution is 2.34. The number of likely N-dealkylation sites (N-methyl/N-ethyl adjacent to an activating group) is 1. The van der Waals surface area contributed by atoms with Crippen LogP contribution in [-0.4, -0.2) is 75.6 Å². The molecule has 0 saturated heterocycles. The van der Waals surface area contributed by atoms with E-state index in [4.69, 9.17) is 19.6 Å². The van der Waals surface area contributed by atoms with E-state index in [1.807, 2.05) is 18.7 Å². The highest BCUT2D eigenvalue weighted by molar-refractivity contribution is 6.75. The molecule has 1 aliphatic heterocycles. The third-order valence-corrected chi connectivity index (χ3v) is 13.1. The number of benzene rings is 1. The van der Waals surface area contributed by atoms with E-state index in [1.165, 1.54) is 11.0 Å². The monoisotopic (exact) mass is 533 g/mol. The summed E-state index contributed by atoms with van der Waals surface area (Å²) in [6, 6.07) is 5.25. The Morgan fingerprint density at radius 3 is 2.54 bits per heavy atom. The molecule has 3 unspecified atom stereocenters. The van der Waals surface area contributed by atoms with Gasteiger partial charge in [0, 0.05) is 30.8 Å². The Hall–Kier alpha value is -2.52. The first-order valence-corrected chi connectivity index (χ1v) is 15.8. The smallest absolute Gasteiger partial charge is 0.409 e. The van der Waals surface area contributed by atoms with Gasteiger partial charge >= 0.3 is 6.09 Å². The Bertz CT molecular complexity index is 930. The molecule has 1 aromatic carbocycles. The van der Waals surface area contributed by atoms with E-state index < -0.39 is 14.4 Å². The molecular weight excluding hydrogens is 486 g/mol. The fraction of sp³-hybridized carbons (Fsp3) is 0.643. The topological polar surface area (TPSA) is 94.3 Å². The van der Waals surface area contributed by atoms with Crippen molar-refractivity contribution in [3.63, 3.8) is 0 Å². The Kier molecular flexibility index (Phi) is 11.1. The molecule has 0 aromatic heterocycles.